The summed E-state index contributed by atoms with van der Waals surface area (Å²) < 4.78 is 11.5. The van der Waals surface area contributed by atoms with Gasteiger partial charge in [0.05, 0.1) is 12.3 Å². The summed E-state index contributed by atoms with van der Waals surface area (Å²) in [4.78, 5) is 24.3. The molecule has 148 valence electrons. The van der Waals surface area contributed by atoms with Crippen molar-refractivity contribution < 1.29 is 19.1 Å². The summed E-state index contributed by atoms with van der Waals surface area (Å²) in [6, 6.07) is 22.7. The fourth-order valence-corrected chi connectivity index (χ4v) is 2.78. The zero-order chi connectivity index (χ0) is 20.6. The summed E-state index contributed by atoms with van der Waals surface area (Å²) in [5, 5.41) is 2.88. The van der Waals surface area contributed by atoms with Crippen LogP contribution in [0.5, 0.6) is 11.5 Å². The molecule has 0 heterocycles. The Hall–Kier alpha value is -3.80. The maximum Gasteiger partial charge on any atom is 0.270 e. The molecule has 0 saturated carbocycles. The number of rotatable bonds is 8. The van der Waals surface area contributed by atoms with Gasteiger partial charge in [0.25, 0.3) is 5.91 Å². The lowest BCUT2D eigenvalue weighted by atomic mass is 10.1. The maximum absolute atomic E-state index is 13.1. The highest BCUT2D eigenvalue weighted by Crippen LogP contribution is 2.28. The number of nitrogens with two attached hydrogens (primary N) is 1. The molecule has 0 radical (unpaired) electrons. The van der Waals surface area contributed by atoms with Crippen LogP contribution in [-0.4, -0.2) is 18.4 Å². The number of nitrogens with one attached hydrogen (secondary N) is 1. The van der Waals surface area contributed by atoms with Crippen LogP contribution in [0, 0.1) is 0 Å². The Kier molecular flexibility index (Phi) is 6.47. The minimum absolute atomic E-state index is 0.345. The molecule has 0 spiro atoms. The van der Waals surface area contributed by atoms with Crippen LogP contribution in [0.25, 0.3) is 0 Å². The average molecular weight is 390 g/mol. The minimum atomic E-state index is -0.898. The number of benzene rings is 3. The van der Waals surface area contributed by atoms with E-state index in [0.717, 1.165) is 0 Å². The molecule has 0 aliphatic rings. The predicted molar refractivity (Wildman–Crippen MR) is 111 cm³/mol. The number of ether oxygens (including phenoxy) is 2. The van der Waals surface area contributed by atoms with Crippen molar-refractivity contribution in [2.75, 3.05) is 11.9 Å². The number of hydrogen-bond acceptors (Lipinski definition) is 4. The Bertz CT molecular complexity index is 972. The molecule has 0 aliphatic heterocycles. The van der Waals surface area contributed by atoms with Gasteiger partial charge in [0, 0.05) is 11.1 Å². The lowest BCUT2D eigenvalue weighted by Crippen LogP contribution is -2.26. The quantitative estimate of drug-likeness (QED) is 0.609. The van der Waals surface area contributed by atoms with Gasteiger partial charge < -0.3 is 20.5 Å². The highest BCUT2D eigenvalue weighted by molar-refractivity contribution is 5.96. The standard InChI is InChI=1S/C23H22N2O4/c1-2-28-20-11-7-6-10-19(20)25-23(27)21(16-8-4-3-5-9-16)29-18-14-12-17(13-15-18)22(24)26/h3-15,21H,2H2,1H3,(H2,24,26)(H,25,27)/t21-/m0/s1. The van der Waals surface area contributed by atoms with Gasteiger partial charge >= 0.3 is 0 Å². The first-order valence-electron chi connectivity index (χ1n) is 9.22. The van der Waals surface area contributed by atoms with E-state index in [-0.39, 0.29) is 5.91 Å². The summed E-state index contributed by atoms with van der Waals surface area (Å²) in [5.41, 5.74) is 6.89. The second kappa shape index (κ2) is 9.41. The number of carbonyl (C=O) groups excluding carboxylic acids is 2. The van der Waals surface area contributed by atoms with Crippen LogP contribution in [-0.2, 0) is 4.79 Å². The molecule has 0 saturated heterocycles. The second-order valence-corrected chi connectivity index (χ2v) is 6.22. The summed E-state index contributed by atoms with van der Waals surface area (Å²) in [5.74, 6) is 0.154. The van der Waals surface area contributed by atoms with E-state index in [2.05, 4.69) is 5.32 Å². The predicted octanol–water partition coefficient (Wildman–Crippen LogP) is 3.94. The zero-order valence-corrected chi connectivity index (χ0v) is 16.0. The van der Waals surface area contributed by atoms with E-state index < -0.39 is 12.0 Å². The van der Waals surface area contributed by atoms with E-state index in [1.807, 2.05) is 49.4 Å². The number of para-hydroxylation sites is 2. The Morgan fingerprint density at radius 3 is 2.24 bits per heavy atom. The van der Waals surface area contributed by atoms with Crippen molar-refractivity contribution in [3.8, 4) is 11.5 Å². The van der Waals surface area contributed by atoms with Crippen molar-refractivity contribution in [1.82, 2.24) is 0 Å². The van der Waals surface area contributed by atoms with Crippen molar-refractivity contribution >= 4 is 17.5 Å². The molecule has 2 amide bonds. The van der Waals surface area contributed by atoms with E-state index in [1.54, 1.807) is 36.4 Å². The monoisotopic (exact) mass is 390 g/mol. The van der Waals surface area contributed by atoms with Gasteiger partial charge in [0.2, 0.25) is 12.0 Å². The van der Waals surface area contributed by atoms with Crippen molar-refractivity contribution in [1.29, 1.82) is 0 Å². The Balaban J connectivity index is 1.86. The Labute approximate surface area is 169 Å². The normalized spacial score (nSPS) is 11.3. The van der Waals surface area contributed by atoms with Crippen LogP contribution < -0.4 is 20.5 Å². The summed E-state index contributed by atoms with van der Waals surface area (Å²) >= 11 is 0. The van der Waals surface area contributed by atoms with Gasteiger partial charge in [-0.3, -0.25) is 9.59 Å². The summed E-state index contributed by atoms with van der Waals surface area (Å²) in [7, 11) is 0. The lowest BCUT2D eigenvalue weighted by molar-refractivity contribution is -0.123. The van der Waals surface area contributed by atoms with Gasteiger partial charge in [0.1, 0.15) is 11.5 Å². The number of carbonyl (C=O) groups is 2. The molecular formula is C23H22N2O4. The van der Waals surface area contributed by atoms with E-state index in [4.69, 9.17) is 15.2 Å². The van der Waals surface area contributed by atoms with Crippen molar-refractivity contribution in [2.24, 2.45) is 5.73 Å². The fourth-order valence-electron chi connectivity index (χ4n) is 2.78. The molecule has 0 aliphatic carbocycles. The number of amides is 2. The first-order chi connectivity index (χ1) is 14.1. The van der Waals surface area contributed by atoms with Crippen molar-refractivity contribution in [3.63, 3.8) is 0 Å². The molecule has 6 heteroatoms. The van der Waals surface area contributed by atoms with E-state index >= 15 is 0 Å². The molecule has 29 heavy (non-hydrogen) atoms. The molecular weight excluding hydrogens is 368 g/mol. The highest BCUT2D eigenvalue weighted by atomic mass is 16.5. The van der Waals surface area contributed by atoms with Gasteiger partial charge in [-0.15, -0.1) is 0 Å². The number of primary amides is 1. The second-order valence-electron chi connectivity index (χ2n) is 6.22. The SMILES string of the molecule is CCOc1ccccc1NC(=O)[C@@H](Oc1ccc(C(N)=O)cc1)c1ccccc1. The van der Waals surface area contributed by atoms with E-state index in [9.17, 15) is 9.59 Å². The molecule has 1 atom stereocenters. The third-order valence-corrected chi connectivity index (χ3v) is 4.18. The van der Waals surface area contributed by atoms with Crippen LogP contribution in [0.15, 0.2) is 78.9 Å². The molecule has 3 rings (SSSR count). The third kappa shape index (κ3) is 5.13. The molecule has 0 unspecified atom stereocenters. The van der Waals surface area contributed by atoms with Gasteiger partial charge in [-0.1, -0.05) is 42.5 Å². The average Bonchev–Trinajstić information content (AvgIpc) is 2.74. The molecule has 0 aromatic heterocycles. The zero-order valence-electron chi connectivity index (χ0n) is 16.0. The Morgan fingerprint density at radius 2 is 1.59 bits per heavy atom. The molecule has 6 nitrogen and oxygen atoms in total. The minimum Gasteiger partial charge on any atom is -0.492 e. The van der Waals surface area contributed by atoms with Gasteiger partial charge in [0.15, 0.2) is 0 Å². The number of anilines is 1. The van der Waals surface area contributed by atoms with Crippen LogP contribution in [0.3, 0.4) is 0 Å². The summed E-state index contributed by atoms with van der Waals surface area (Å²) in [6.07, 6.45) is -0.898. The van der Waals surface area contributed by atoms with Gasteiger partial charge in [-0.25, -0.2) is 0 Å². The largest absolute Gasteiger partial charge is 0.492 e. The van der Waals surface area contributed by atoms with Crippen LogP contribution in [0.4, 0.5) is 5.69 Å². The smallest absolute Gasteiger partial charge is 0.270 e. The topological polar surface area (TPSA) is 90.7 Å². The van der Waals surface area contributed by atoms with Crippen LogP contribution >= 0.6 is 0 Å². The van der Waals surface area contributed by atoms with E-state index in [1.165, 1.54) is 0 Å². The fraction of sp³-hybridized carbons (Fsp3) is 0.130. The van der Waals surface area contributed by atoms with Crippen LogP contribution in [0.1, 0.15) is 28.9 Å². The molecule has 0 fully saturated rings. The lowest BCUT2D eigenvalue weighted by Gasteiger charge is -2.20. The summed E-state index contributed by atoms with van der Waals surface area (Å²) in [6.45, 7) is 2.36. The third-order valence-electron chi connectivity index (χ3n) is 4.18. The number of hydrogen-bond donors (Lipinski definition) is 2. The first-order valence-corrected chi connectivity index (χ1v) is 9.22. The molecule has 0 bridgehead atoms. The van der Waals surface area contributed by atoms with E-state index in [0.29, 0.717) is 34.9 Å². The van der Waals surface area contributed by atoms with Crippen molar-refractivity contribution in [2.45, 2.75) is 13.0 Å². The Morgan fingerprint density at radius 1 is 0.931 bits per heavy atom. The van der Waals surface area contributed by atoms with Crippen molar-refractivity contribution in [3.05, 3.63) is 90.0 Å². The van der Waals surface area contributed by atoms with Crippen LogP contribution in [0.2, 0.25) is 0 Å². The van der Waals surface area contributed by atoms with Gasteiger partial charge in [-0.05, 0) is 43.3 Å². The molecule has 3 aromatic rings. The molecule has 3 N–H and O–H groups in total. The maximum atomic E-state index is 13.1. The molecule has 3 aromatic carbocycles. The highest BCUT2D eigenvalue weighted by Gasteiger charge is 2.24. The van der Waals surface area contributed by atoms with Gasteiger partial charge in [-0.2, -0.15) is 0 Å². The first kappa shape index (κ1) is 19.9.